The molecule has 0 radical (unpaired) electrons. The molecule has 4 rings (SSSR count). The summed E-state index contributed by atoms with van der Waals surface area (Å²) in [7, 11) is 0. The molecule has 0 spiro atoms. The van der Waals surface area contributed by atoms with E-state index >= 15 is 0 Å². The lowest BCUT2D eigenvalue weighted by Crippen LogP contribution is -2.31. The molecule has 0 bridgehead atoms. The van der Waals surface area contributed by atoms with Crippen molar-refractivity contribution in [2.24, 2.45) is 0 Å². The highest BCUT2D eigenvalue weighted by atomic mass is 16.5. The van der Waals surface area contributed by atoms with E-state index in [0.29, 0.717) is 22.4 Å². The van der Waals surface area contributed by atoms with Crippen molar-refractivity contribution in [1.82, 2.24) is 10.6 Å². The Balaban J connectivity index is 1.21. The monoisotopic (exact) mass is 578 g/mol. The predicted molar refractivity (Wildman–Crippen MR) is 161 cm³/mol. The van der Waals surface area contributed by atoms with E-state index in [0.717, 1.165) is 11.1 Å². The fourth-order valence-corrected chi connectivity index (χ4v) is 3.85. The third-order valence-electron chi connectivity index (χ3n) is 6.12. The molecule has 3 amide bonds. The standard InChI is InChI=1S/C33H30N4O6/c34-30(37-33(41)43-22-24-10-5-2-6-11-24)25-14-16-26(17-15-25)32(40)36-28-13-7-12-27(20-28)31(39)35-19-18-29(38)42-21-23-8-3-1-4-9-23/h1-17,20H,18-19,21-22H2,(H,35,39)(H,36,40)(H2,34,37,41). The van der Waals surface area contributed by atoms with Crippen molar-refractivity contribution in [3.8, 4) is 0 Å². The first-order valence-corrected chi connectivity index (χ1v) is 13.4. The van der Waals surface area contributed by atoms with Crippen LogP contribution in [-0.2, 0) is 27.5 Å². The van der Waals surface area contributed by atoms with Crippen LogP contribution in [-0.4, -0.2) is 36.3 Å². The van der Waals surface area contributed by atoms with Crippen molar-refractivity contribution in [1.29, 1.82) is 5.41 Å². The Morgan fingerprint density at radius 2 is 1.23 bits per heavy atom. The number of carbonyl (C=O) groups excluding carboxylic acids is 4. The lowest BCUT2D eigenvalue weighted by molar-refractivity contribution is -0.144. The van der Waals surface area contributed by atoms with Crippen LogP contribution in [0, 0.1) is 5.41 Å². The third-order valence-corrected chi connectivity index (χ3v) is 6.12. The highest BCUT2D eigenvalue weighted by Crippen LogP contribution is 2.14. The number of hydrogen-bond donors (Lipinski definition) is 4. The minimum atomic E-state index is -0.761. The molecule has 43 heavy (non-hydrogen) atoms. The Bertz CT molecular complexity index is 1570. The highest BCUT2D eigenvalue weighted by Gasteiger charge is 2.13. The largest absolute Gasteiger partial charge is 0.461 e. The van der Waals surface area contributed by atoms with Gasteiger partial charge in [0, 0.05) is 28.9 Å². The summed E-state index contributed by atoms with van der Waals surface area (Å²) in [6.07, 6.45) is -0.741. The van der Waals surface area contributed by atoms with Crippen molar-refractivity contribution in [2.75, 3.05) is 11.9 Å². The molecule has 4 N–H and O–H groups in total. The number of hydrogen-bond acceptors (Lipinski definition) is 7. The van der Waals surface area contributed by atoms with Crippen LogP contribution in [0.1, 0.15) is 43.8 Å². The molecule has 0 aromatic heterocycles. The number of alkyl carbamates (subject to hydrolysis) is 1. The van der Waals surface area contributed by atoms with Gasteiger partial charge in [0.15, 0.2) is 0 Å². The van der Waals surface area contributed by atoms with Gasteiger partial charge in [0.2, 0.25) is 0 Å². The SMILES string of the molecule is N=C(NC(=O)OCc1ccccc1)c1ccc(C(=O)Nc2cccc(C(=O)NCCC(=O)OCc3ccccc3)c2)cc1. The second kappa shape index (κ2) is 15.3. The summed E-state index contributed by atoms with van der Waals surface area (Å²) in [6, 6.07) is 31.0. The van der Waals surface area contributed by atoms with E-state index in [1.165, 1.54) is 30.3 Å². The van der Waals surface area contributed by atoms with Crippen molar-refractivity contribution in [3.05, 3.63) is 137 Å². The van der Waals surface area contributed by atoms with Gasteiger partial charge in [0.25, 0.3) is 11.8 Å². The zero-order chi connectivity index (χ0) is 30.4. The van der Waals surface area contributed by atoms with E-state index in [2.05, 4.69) is 16.0 Å². The number of anilines is 1. The van der Waals surface area contributed by atoms with Crippen molar-refractivity contribution in [2.45, 2.75) is 19.6 Å². The first-order valence-electron chi connectivity index (χ1n) is 13.4. The molecule has 0 fully saturated rings. The van der Waals surface area contributed by atoms with Gasteiger partial charge in [-0.1, -0.05) is 78.9 Å². The van der Waals surface area contributed by atoms with E-state index in [9.17, 15) is 19.2 Å². The highest BCUT2D eigenvalue weighted by molar-refractivity contribution is 6.07. The van der Waals surface area contributed by atoms with Crippen LogP contribution in [0.4, 0.5) is 10.5 Å². The Morgan fingerprint density at radius 3 is 1.88 bits per heavy atom. The molecule has 4 aromatic carbocycles. The van der Waals surface area contributed by atoms with E-state index in [-0.39, 0.29) is 32.0 Å². The molecule has 0 atom stereocenters. The van der Waals surface area contributed by atoms with Crippen molar-refractivity contribution >= 4 is 35.4 Å². The summed E-state index contributed by atoms with van der Waals surface area (Å²) in [5, 5.41) is 15.9. The molecule has 0 aliphatic heterocycles. The second-order valence-corrected chi connectivity index (χ2v) is 9.33. The number of ether oxygens (including phenoxy) is 2. The first kappa shape index (κ1) is 30.2. The Kier molecular flexibility index (Phi) is 10.7. The summed E-state index contributed by atoms with van der Waals surface area (Å²) in [5.74, 6) is -1.42. The molecule has 0 saturated carbocycles. The third kappa shape index (κ3) is 9.68. The van der Waals surface area contributed by atoms with Crippen molar-refractivity contribution < 1.29 is 28.7 Å². The maximum Gasteiger partial charge on any atom is 0.413 e. The molecule has 218 valence electrons. The molecule has 0 aliphatic rings. The van der Waals surface area contributed by atoms with Crippen LogP contribution < -0.4 is 16.0 Å². The van der Waals surface area contributed by atoms with Gasteiger partial charge >= 0.3 is 12.1 Å². The summed E-state index contributed by atoms with van der Waals surface area (Å²) in [5.41, 5.74) is 3.11. The van der Waals surface area contributed by atoms with Gasteiger partial charge < -0.3 is 20.1 Å². The van der Waals surface area contributed by atoms with Crippen LogP contribution in [0.3, 0.4) is 0 Å². The van der Waals surface area contributed by atoms with Gasteiger partial charge in [-0.2, -0.15) is 0 Å². The van der Waals surface area contributed by atoms with Crippen LogP contribution in [0.5, 0.6) is 0 Å². The number of rotatable bonds is 11. The summed E-state index contributed by atoms with van der Waals surface area (Å²) < 4.78 is 10.3. The first-order chi connectivity index (χ1) is 20.9. The molecule has 10 heteroatoms. The van der Waals surface area contributed by atoms with E-state index < -0.39 is 23.9 Å². The number of amidine groups is 1. The zero-order valence-electron chi connectivity index (χ0n) is 23.2. The van der Waals surface area contributed by atoms with Gasteiger partial charge in [-0.15, -0.1) is 0 Å². The number of benzene rings is 4. The normalized spacial score (nSPS) is 10.2. The molecular weight excluding hydrogens is 548 g/mol. The second-order valence-electron chi connectivity index (χ2n) is 9.33. The lowest BCUT2D eigenvalue weighted by Gasteiger charge is -2.10. The Hall–Kier alpha value is -5.77. The number of nitrogens with one attached hydrogen (secondary N) is 4. The maximum absolute atomic E-state index is 12.8. The smallest absolute Gasteiger partial charge is 0.413 e. The minimum absolute atomic E-state index is 0.0207. The van der Waals surface area contributed by atoms with Gasteiger partial charge in [0.1, 0.15) is 19.0 Å². The molecule has 0 unspecified atom stereocenters. The molecule has 0 heterocycles. The maximum atomic E-state index is 12.8. The topological polar surface area (TPSA) is 147 Å². The molecule has 10 nitrogen and oxygen atoms in total. The molecule has 4 aromatic rings. The van der Waals surface area contributed by atoms with Gasteiger partial charge in [0.05, 0.1) is 6.42 Å². The molecular formula is C33H30N4O6. The van der Waals surface area contributed by atoms with Gasteiger partial charge in [-0.25, -0.2) is 4.79 Å². The minimum Gasteiger partial charge on any atom is -0.461 e. The summed E-state index contributed by atoms with van der Waals surface area (Å²) in [4.78, 5) is 49.3. The van der Waals surface area contributed by atoms with Gasteiger partial charge in [-0.05, 0) is 41.5 Å². The fourth-order valence-electron chi connectivity index (χ4n) is 3.85. The average Bonchev–Trinajstić information content (AvgIpc) is 3.04. The van der Waals surface area contributed by atoms with E-state index in [1.807, 2.05) is 60.7 Å². The Labute approximate surface area is 248 Å². The summed E-state index contributed by atoms with van der Waals surface area (Å²) >= 11 is 0. The average molecular weight is 579 g/mol. The number of amides is 3. The van der Waals surface area contributed by atoms with Gasteiger partial charge in [-0.3, -0.25) is 25.1 Å². The molecule has 0 aliphatic carbocycles. The predicted octanol–water partition coefficient (Wildman–Crippen LogP) is 5.05. The van der Waals surface area contributed by atoms with Crippen LogP contribution in [0.15, 0.2) is 109 Å². The van der Waals surface area contributed by atoms with E-state index in [4.69, 9.17) is 14.9 Å². The molecule has 0 saturated heterocycles. The number of carbonyl (C=O) groups is 4. The van der Waals surface area contributed by atoms with Crippen molar-refractivity contribution in [3.63, 3.8) is 0 Å². The quantitative estimate of drug-likeness (QED) is 0.111. The van der Waals surface area contributed by atoms with E-state index in [1.54, 1.807) is 18.2 Å². The van der Waals surface area contributed by atoms with Crippen LogP contribution in [0.25, 0.3) is 0 Å². The van der Waals surface area contributed by atoms with Crippen LogP contribution >= 0.6 is 0 Å². The zero-order valence-corrected chi connectivity index (χ0v) is 23.2. The number of esters is 1. The summed E-state index contributed by atoms with van der Waals surface area (Å²) in [6.45, 7) is 0.344. The van der Waals surface area contributed by atoms with Crippen LogP contribution in [0.2, 0.25) is 0 Å². The fraction of sp³-hybridized carbons (Fsp3) is 0.121. The lowest BCUT2D eigenvalue weighted by atomic mass is 10.1. The Morgan fingerprint density at radius 1 is 0.628 bits per heavy atom.